The minimum absolute atomic E-state index is 0.0754. The van der Waals surface area contributed by atoms with Crippen LogP contribution in [0.3, 0.4) is 0 Å². The molecule has 3 N–H and O–H groups in total. The minimum Gasteiger partial charge on any atom is -0.351 e. The Hall–Kier alpha value is -1.46. The summed E-state index contributed by atoms with van der Waals surface area (Å²) in [7, 11) is 0. The zero-order valence-corrected chi connectivity index (χ0v) is 11.6. The first-order valence-corrected chi connectivity index (χ1v) is 7.15. The molecule has 1 unspecified atom stereocenters. The number of rotatable bonds is 5. The van der Waals surface area contributed by atoms with E-state index in [2.05, 4.69) is 10.2 Å². The number of carbonyl (C=O) groups is 1. The Morgan fingerprint density at radius 3 is 2.95 bits per heavy atom. The van der Waals surface area contributed by atoms with Gasteiger partial charge in [0.1, 0.15) is 5.82 Å². The molecule has 1 amide bonds. The third-order valence-electron chi connectivity index (χ3n) is 3.80. The van der Waals surface area contributed by atoms with Crippen molar-refractivity contribution in [3.8, 4) is 0 Å². The maximum absolute atomic E-state index is 13.4. The number of halogens is 1. The molecule has 110 valence electrons. The van der Waals surface area contributed by atoms with Crippen LogP contribution in [0.1, 0.15) is 24.8 Å². The van der Waals surface area contributed by atoms with Gasteiger partial charge in [-0.1, -0.05) is 24.6 Å². The van der Waals surface area contributed by atoms with Crippen LogP contribution in [-0.4, -0.2) is 36.5 Å². The Balaban J connectivity index is 1.82. The number of nitrogens with two attached hydrogens (primary N) is 1. The largest absolute Gasteiger partial charge is 0.351 e. The quantitative estimate of drug-likeness (QED) is 0.853. The van der Waals surface area contributed by atoms with Crippen molar-refractivity contribution in [1.82, 2.24) is 10.2 Å². The molecular weight excluding hydrogens is 257 g/mol. The van der Waals surface area contributed by atoms with E-state index in [4.69, 9.17) is 5.73 Å². The first-order valence-electron chi connectivity index (χ1n) is 7.15. The molecule has 1 aromatic carbocycles. The average molecular weight is 279 g/mol. The lowest BCUT2D eigenvalue weighted by molar-refractivity contribution is -0.123. The van der Waals surface area contributed by atoms with Gasteiger partial charge in [-0.3, -0.25) is 9.69 Å². The lowest BCUT2D eigenvalue weighted by Crippen LogP contribution is -2.48. The van der Waals surface area contributed by atoms with Crippen LogP contribution in [0.4, 0.5) is 4.39 Å². The molecule has 0 aromatic heterocycles. The molecule has 1 saturated heterocycles. The molecule has 1 heterocycles. The number of carbonyl (C=O) groups excluding carboxylic acids is 1. The van der Waals surface area contributed by atoms with E-state index in [9.17, 15) is 9.18 Å². The molecule has 0 saturated carbocycles. The fourth-order valence-electron chi connectivity index (χ4n) is 2.61. The molecule has 1 atom stereocenters. The summed E-state index contributed by atoms with van der Waals surface area (Å²) in [4.78, 5) is 14.1. The fourth-order valence-corrected chi connectivity index (χ4v) is 2.61. The first-order chi connectivity index (χ1) is 9.70. The van der Waals surface area contributed by atoms with Crippen LogP contribution < -0.4 is 11.1 Å². The van der Waals surface area contributed by atoms with Gasteiger partial charge in [0.25, 0.3) is 0 Å². The van der Waals surface area contributed by atoms with Crippen molar-refractivity contribution in [2.45, 2.75) is 31.8 Å². The highest BCUT2D eigenvalue weighted by Crippen LogP contribution is 2.15. The molecule has 1 aliphatic heterocycles. The third-order valence-corrected chi connectivity index (χ3v) is 3.80. The number of benzene rings is 1. The Bertz CT molecular complexity index is 452. The first kappa shape index (κ1) is 14.9. The molecule has 0 aliphatic carbocycles. The second-order valence-electron chi connectivity index (χ2n) is 5.22. The van der Waals surface area contributed by atoms with E-state index < -0.39 is 0 Å². The minimum atomic E-state index is -0.286. The Kier molecular flexibility index (Phi) is 5.49. The molecule has 0 bridgehead atoms. The monoisotopic (exact) mass is 279 g/mol. The summed E-state index contributed by atoms with van der Waals surface area (Å²) in [5.74, 6) is -0.362. The van der Waals surface area contributed by atoms with Crippen LogP contribution in [0.2, 0.25) is 0 Å². The predicted molar refractivity (Wildman–Crippen MR) is 76.5 cm³/mol. The highest BCUT2D eigenvalue weighted by molar-refractivity contribution is 5.78. The van der Waals surface area contributed by atoms with Crippen LogP contribution >= 0.6 is 0 Å². The van der Waals surface area contributed by atoms with E-state index in [1.807, 2.05) is 0 Å². The van der Waals surface area contributed by atoms with Crippen LogP contribution in [0.5, 0.6) is 0 Å². The second kappa shape index (κ2) is 7.36. The van der Waals surface area contributed by atoms with Gasteiger partial charge in [0.15, 0.2) is 0 Å². The normalized spacial score (nSPS) is 19.8. The van der Waals surface area contributed by atoms with Crippen LogP contribution in [0.25, 0.3) is 0 Å². The topological polar surface area (TPSA) is 58.4 Å². The molecule has 20 heavy (non-hydrogen) atoms. The third kappa shape index (κ3) is 4.02. The van der Waals surface area contributed by atoms with Gasteiger partial charge < -0.3 is 11.1 Å². The van der Waals surface area contributed by atoms with Crippen molar-refractivity contribution in [3.05, 3.63) is 35.6 Å². The van der Waals surface area contributed by atoms with E-state index in [0.29, 0.717) is 24.7 Å². The highest BCUT2D eigenvalue weighted by Gasteiger charge is 2.22. The number of hydrogen-bond acceptors (Lipinski definition) is 3. The maximum atomic E-state index is 13.4. The number of amides is 1. The van der Waals surface area contributed by atoms with Gasteiger partial charge in [-0.2, -0.15) is 0 Å². The molecule has 5 heteroatoms. The summed E-state index contributed by atoms with van der Waals surface area (Å²) in [6.07, 6.45) is 3.34. The van der Waals surface area contributed by atoms with Crippen molar-refractivity contribution in [1.29, 1.82) is 0 Å². The SMILES string of the molecule is NCC1CCCCN1CC(=O)NCc1ccccc1F. The van der Waals surface area contributed by atoms with E-state index in [1.54, 1.807) is 18.2 Å². The summed E-state index contributed by atoms with van der Waals surface area (Å²) >= 11 is 0. The van der Waals surface area contributed by atoms with E-state index in [1.165, 1.54) is 12.5 Å². The van der Waals surface area contributed by atoms with Crippen LogP contribution in [-0.2, 0) is 11.3 Å². The smallest absolute Gasteiger partial charge is 0.234 e. The van der Waals surface area contributed by atoms with E-state index in [-0.39, 0.29) is 18.3 Å². The summed E-state index contributed by atoms with van der Waals surface area (Å²) in [5, 5.41) is 2.77. The Labute approximate surface area is 119 Å². The van der Waals surface area contributed by atoms with Gasteiger partial charge in [-0.15, -0.1) is 0 Å². The number of nitrogens with one attached hydrogen (secondary N) is 1. The standard InChI is InChI=1S/C15H22FN3O/c16-14-7-2-1-5-12(14)10-18-15(20)11-19-8-4-3-6-13(19)9-17/h1-2,5,7,13H,3-4,6,8-11,17H2,(H,18,20). The van der Waals surface area contributed by atoms with Gasteiger partial charge in [0.2, 0.25) is 5.91 Å². The second-order valence-corrected chi connectivity index (χ2v) is 5.22. The average Bonchev–Trinajstić information content (AvgIpc) is 2.47. The number of likely N-dealkylation sites (tertiary alicyclic amines) is 1. The Morgan fingerprint density at radius 2 is 2.20 bits per heavy atom. The zero-order valence-electron chi connectivity index (χ0n) is 11.6. The Morgan fingerprint density at radius 1 is 1.40 bits per heavy atom. The van der Waals surface area contributed by atoms with E-state index >= 15 is 0 Å². The zero-order chi connectivity index (χ0) is 14.4. The summed E-state index contributed by atoms with van der Waals surface area (Å²) < 4.78 is 13.4. The van der Waals surface area contributed by atoms with Gasteiger partial charge in [-0.25, -0.2) is 4.39 Å². The lowest BCUT2D eigenvalue weighted by atomic mass is 10.0. The van der Waals surface area contributed by atoms with Crippen molar-refractivity contribution >= 4 is 5.91 Å². The highest BCUT2D eigenvalue weighted by atomic mass is 19.1. The van der Waals surface area contributed by atoms with Gasteiger partial charge >= 0.3 is 0 Å². The van der Waals surface area contributed by atoms with Gasteiger partial charge in [0.05, 0.1) is 6.54 Å². The summed E-state index contributed by atoms with van der Waals surface area (Å²) in [5.41, 5.74) is 6.24. The summed E-state index contributed by atoms with van der Waals surface area (Å²) in [6, 6.07) is 6.78. The predicted octanol–water partition coefficient (Wildman–Crippen LogP) is 1.26. The van der Waals surface area contributed by atoms with Gasteiger partial charge in [-0.05, 0) is 25.5 Å². The fraction of sp³-hybridized carbons (Fsp3) is 0.533. The van der Waals surface area contributed by atoms with Crippen molar-refractivity contribution < 1.29 is 9.18 Å². The molecule has 2 rings (SSSR count). The maximum Gasteiger partial charge on any atom is 0.234 e. The molecule has 1 fully saturated rings. The molecule has 4 nitrogen and oxygen atoms in total. The number of nitrogens with zero attached hydrogens (tertiary/aromatic N) is 1. The van der Waals surface area contributed by atoms with Crippen molar-refractivity contribution in [2.75, 3.05) is 19.6 Å². The molecule has 0 spiro atoms. The summed E-state index contributed by atoms with van der Waals surface area (Å²) in [6.45, 7) is 2.07. The van der Waals surface area contributed by atoms with Gasteiger partial charge in [0, 0.05) is 24.7 Å². The van der Waals surface area contributed by atoms with Crippen molar-refractivity contribution in [2.24, 2.45) is 5.73 Å². The molecular formula is C15H22FN3O. The molecule has 1 aliphatic rings. The van der Waals surface area contributed by atoms with Crippen molar-refractivity contribution in [3.63, 3.8) is 0 Å². The molecule has 0 radical (unpaired) electrons. The molecule has 1 aromatic rings. The lowest BCUT2D eigenvalue weighted by Gasteiger charge is -2.34. The van der Waals surface area contributed by atoms with Crippen LogP contribution in [0.15, 0.2) is 24.3 Å². The number of piperidine rings is 1. The van der Waals surface area contributed by atoms with Crippen LogP contribution in [0, 0.1) is 5.82 Å². The number of hydrogen-bond donors (Lipinski definition) is 2. The van der Waals surface area contributed by atoms with E-state index in [0.717, 1.165) is 19.4 Å².